The number of aromatic nitrogens is 1. The van der Waals surface area contributed by atoms with Crippen molar-refractivity contribution in [3.8, 4) is 11.3 Å². The van der Waals surface area contributed by atoms with Crippen LogP contribution >= 0.6 is 23.2 Å². The number of hydrogen-bond acceptors (Lipinski definition) is 4. The standard InChI is InChI=1S/C11H7Cl2NO3/c1-16-11(15)6-5-17-14-10(6)9-7(12)3-2-4-8(9)13/h2-5H,1H3. The number of halogens is 2. The Labute approximate surface area is 107 Å². The summed E-state index contributed by atoms with van der Waals surface area (Å²) in [4.78, 5) is 11.5. The van der Waals surface area contributed by atoms with Crippen molar-refractivity contribution < 1.29 is 14.1 Å². The van der Waals surface area contributed by atoms with Gasteiger partial charge in [0, 0.05) is 5.56 Å². The lowest BCUT2D eigenvalue weighted by atomic mass is 10.1. The Balaban J connectivity index is 2.62. The molecule has 0 spiro atoms. The van der Waals surface area contributed by atoms with Gasteiger partial charge in [-0.15, -0.1) is 0 Å². The van der Waals surface area contributed by atoms with E-state index >= 15 is 0 Å². The molecule has 88 valence electrons. The van der Waals surface area contributed by atoms with Crippen LogP contribution in [0.15, 0.2) is 29.0 Å². The van der Waals surface area contributed by atoms with Crippen molar-refractivity contribution in [2.24, 2.45) is 0 Å². The molecule has 2 aromatic rings. The summed E-state index contributed by atoms with van der Waals surface area (Å²) < 4.78 is 9.38. The van der Waals surface area contributed by atoms with Crippen molar-refractivity contribution in [1.82, 2.24) is 5.16 Å². The van der Waals surface area contributed by atoms with Crippen LogP contribution in [0.25, 0.3) is 11.3 Å². The molecule has 0 fully saturated rings. The highest BCUT2D eigenvalue weighted by molar-refractivity contribution is 6.39. The Kier molecular flexibility index (Phi) is 3.36. The fraction of sp³-hybridized carbons (Fsp3) is 0.0909. The normalized spacial score (nSPS) is 10.3. The second-order valence-corrected chi connectivity index (χ2v) is 3.98. The van der Waals surface area contributed by atoms with Crippen molar-refractivity contribution >= 4 is 29.2 Å². The first-order valence-corrected chi connectivity index (χ1v) is 5.37. The summed E-state index contributed by atoms with van der Waals surface area (Å²) in [5.74, 6) is -0.558. The highest BCUT2D eigenvalue weighted by Crippen LogP contribution is 2.35. The van der Waals surface area contributed by atoms with Crippen LogP contribution in [0.3, 0.4) is 0 Å². The van der Waals surface area contributed by atoms with E-state index in [1.165, 1.54) is 13.4 Å². The van der Waals surface area contributed by atoms with E-state index < -0.39 is 5.97 Å². The van der Waals surface area contributed by atoms with Gasteiger partial charge in [0.15, 0.2) is 0 Å². The second-order valence-electron chi connectivity index (χ2n) is 3.17. The van der Waals surface area contributed by atoms with Crippen molar-refractivity contribution in [3.63, 3.8) is 0 Å². The van der Waals surface area contributed by atoms with E-state index in [-0.39, 0.29) is 11.3 Å². The predicted molar refractivity (Wildman–Crippen MR) is 63.3 cm³/mol. The van der Waals surface area contributed by atoms with Crippen LogP contribution in [0, 0.1) is 0 Å². The van der Waals surface area contributed by atoms with Crippen LogP contribution < -0.4 is 0 Å². The zero-order valence-corrected chi connectivity index (χ0v) is 10.2. The van der Waals surface area contributed by atoms with Gasteiger partial charge in [0.2, 0.25) is 0 Å². The summed E-state index contributed by atoms with van der Waals surface area (Å²) in [6.45, 7) is 0. The number of rotatable bonds is 2. The molecule has 0 aliphatic carbocycles. The predicted octanol–water partition coefficient (Wildman–Crippen LogP) is 3.44. The number of methoxy groups -OCH3 is 1. The Bertz CT molecular complexity index is 545. The van der Waals surface area contributed by atoms with Crippen molar-refractivity contribution in [3.05, 3.63) is 40.1 Å². The molecule has 0 atom stereocenters. The molecule has 0 aliphatic heterocycles. The zero-order valence-electron chi connectivity index (χ0n) is 8.74. The highest BCUT2D eigenvalue weighted by Gasteiger charge is 2.21. The number of nitrogens with zero attached hydrogens (tertiary/aromatic N) is 1. The first kappa shape index (κ1) is 12.0. The van der Waals surface area contributed by atoms with E-state index in [1.54, 1.807) is 18.2 Å². The maximum atomic E-state index is 11.5. The van der Waals surface area contributed by atoms with Gasteiger partial charge in [0.05, 0.1) is 17.2 Å². The lowest BCUT2D eigenvalue weighted by Crippen LogP contribution is -2.01. The van der Waals surface area contributed by atoms with Gasteiger partial charge in [-0.25, -0.2) is 4.79 Å². The van der Waals surface area contributed by atoms with Gasteiger partial charge >= 0.3 is 5.97 Å². The molecule has 1 aromatic carbocycles. The van der Waals surface area contributed by atoms with Crippen molar-refractivity contribution in [1.29, 1.82) is 0 Å². The molecule has 1 aromatic heterocycles. The molecule has 1 heterocycles. The van der Waals surface area contributed by atoms with Crippen LogP contribution in [-0.2, 0) is 4.74 Å². The average Bonchev–Trinajstić information content (AvgIpc) is 2.77. The Morgan fingerprint density at radius 2 is 2.00 bits per heavy atom. The molecule has 0 aliphatic rings. The average molecular weight is 272 g/mol. The SMILES string of the molecule is COC(=O)c1conc1-c1c(Cl)cccc1Cl. The minimum absolute atomic E-state index is 0.183. The minimum Gasteiger partial charge on any atom is -0.465 e. The fourth-order valence-corrected chi connectivity index (χ4v) is 1.97. The third-order valence-electron chi connectivity index (χ3n) is 2.17. The molecule has 2 rings (SSSR count). The van der Waals surface area contributed by atoms with Gasteiger partial charge < -0.3 is 9.26 Å². The molecular weight excluding hydrogens is 265 g/mol. The first-order chi connectivity index (χ1) is 8.15. The third kappa shape index (κ3) is 2.14. The minimum atomic E-state index is -0.558. The van der Waals surface area contributed by atoms with E-state index in [1.807, 2.05) is 0 Å². The largest absolute Gasteiger partial charge is 0.465 e. The van der Waals surface area contributed by atoms with Crippen molar-refractivity contribution in [2.75, 3.05) is 7.11 Å². The Morgan fingerprint density at radius 1 is 1.35 bits per heavy atom. The molecular formula is C11H7Cl2NO3. The molecule has 0 radical (unpaired) electrons. The fourth-order valence-electron chi connectivity index (χ4n) is 1.40. The molecule has 4 nitrogen and oxygen atoms in total. The zero-order chi connectivity index (χ0) is 12.4. The van der Waals surface area contributed by atoms with Gasteiger partial charge in [0.25, 0.3) is 0 Å². The maximum absolute atomic E-state index is 11.5. The molecule has 17 heavy (non-hydrogen) atoms. The van der Waals surface area contributed by atoms with Gasteiger partial charge in [-0.3, -0.25) is 0 Å². The van der Waals surface area contributed by atoms with Gasteiger partial charge in [-0.05, 0) is 12.1 Å². The number of carbonyl (C=O) groups is 1. The molecule has 0 unspecified atom stereocenters. The molecule has 0 N–H and O–H groups in total. The summed E-state index contributed by atoms with van der Waals surface area (Å²) in [6.07, 6.45) is 1.20. The summed E-state index contributed by atoms with van der Waals surface area (Å²) in [7, 11) is 1.27. The lowest BCUT2D eigenvalue weighted by molar-refractivity contribution is 0.0600. The first-order valence-electron chi connectivity index (χ1n) is 4.62. The maximum Gasteiger partial charge on any atom is 0.343 e. The number of carbonyl (C=O) groups excluding carboxylic acids is 1. The van der Waals surface area contributed by atoms with Crippen LogP contribution in [0.5, 0.6) is 0 Å². The monoisotopic (exact) mass is 271 g/mol. The van der Waals surface area contributed by atoms with E-state index in [0.29, 0.717) is 15.6 Å². The van der Waals surface area contributed by atoms with Crippen LogP contribution in [-0.4, -0.2) is 18.2 Å². The van der Waals surface area contributed by atoms with E-state index in [0.717, 1.165) is 0 Å². The molecule has 0 saturated carbocycles. The summed E-state index contributed by atoms with van der Waals surface area (Å²) >= 11 is 12.0. The second kappa shape index (κ2) is 4.77. The van der Waals surface area contributed by atoms with E-state index in [2.05, 4.69) is 9.89 Å². The highest BCUT2D eigenvalue weighted by atomic mass is 35.5. The van der Waals surface area contributed by atoms with E-state index in [9.17, 15) is 4.79 Å². The molecule has 0 amide bonds. The van der Waals surface area contributed by atoms with Crippen LogP contribution in [0.2, 0.25) is 10.0 Å². The number of benzene rings is 1. The quantitative estimate of drug-likeness (QED) is 0.786. The smallest absolute Gasteiger partial charge is 0.343 e. The Hall–Kier alpha value is -1.52. The van der Waals surface area contributed by atoms with Gasteiger partial charge in [0.1, 0.15) is 17.5 Å². The number of hydrogen-bond donors (Lipinski definition) is 0. The topological polar surface area (TPSA) is 52.3 Å². The molecule has 0 saturated heterocycles. The Morgan fingerprint density at radius 3 is 2.59 bits per heavy atom. The van der Waals surface area contributed by atoms with Crippen LogP contribution in [0.4, 0.5) is 0 Å². The lowest BCUT2D eigenvalue weighted by Gasteiger charge is -2.04. The van der Waals surface area contributed by atoms with Gasteiger partial charge in [-0.2, -0.15) is 0 Å². The third-order valence-corrected chi connectivity index (χ3v) is 2.80. The summed E-state index contributed by atoms with van der Waals surface area (Å²) in [5.41, 5.74) is 0.903. The van der Waals surface area contributed by atoms with Gasteiger partial charge in [-0.1, -0.05) is 34.4 Å². The number of ether oxygens (including phenoxy) is 1. The molecule has 0 bridgehead atoms. The van der Waals surface area contributed by atoms with Crippen molar-refractivity contribution in [2.45, 2.75) is 0 Å². The molecule has 6 heteroatoms. The summed E-state index contributed by atoms with van der Waals surface area (Å²) in [5, 5.41) is 4.50. The summed E-state index contributed by atoms with van der Waals surface area (Å²) in [6, 6.07) is 5.00. The number of esters is 1. The van der Waals surface area contributed by atoms with Crippen LogP contribution in [0.1, 0.15) is 10.4 Å². The van der Waals surface area contributed by atoms with E-state index in [4.69, 9.17) is 27.7 Å².